The number of rotatable bonds is 6. The first-order chi connectivity index (χ1) is 15.4. The normalized spacial score (nSPS) is 11.7. The van der Waals surface area contributed by atoms with Crippen LogP contribution in [0, 0.1) is 10.1 Å². The first-order valence-corrected chi connectivity index (χ1v) is 9.81. The summed E-state index contributed by atoms with van der Waals surface area (Å²) in [4.78, 5) is 39.5. The molecule has 32 heavy (non-hydrogen) atoms. The number of imidazole rings is 1. The lowest BCUT2D eigenvalue weighted by Gasteiger charge is -2.14. The van der Waals surface area contributed by atoms with Gasteiger partial charge in [-0.15, -0.1) is 0 Å². The molecule has 3 aromatic carbocycles. The van der Waals surface area contributed by atoms with Crippen LogP contribution in [-0.2, 0) is 4.79 Å². The Morgan fingerprint density at radius 3 is 2.53 bits per heavy atom. The number of nitrogens with one attached hydrogen (secondary N) is 2. The molecule has 1 heterocycles. The molecule has 160 valence electrons. The summed E-state index contributed by atoms with van der Waals surface area (Å²) in [6.45, 7) is 1.54. The molecule has 0 aliphatic heterocycles. The highest BCUT2D eigenvalue weighted by Gasteiger charge is 2.18. The maximum atomic E-state index is 12.5. The summed E-state index contributed by atoms with van der Waals surface area (Å²) in [5.74, 6) is -0.983. The van der Waals surface area contributed by atoms with E-state index in [4.69, 9.17) is 0 Å². The van der Waals surface area contributed by atoms with Crippen molar-refractivity contribution in [3.63, 3.8) is 0 Å². The van der Waals surface area contributed by atoms with E-state index < -0.39 is 22.8 Å². The van der Waals surface area contributed by atoms with Crippen LogP contribution in [0.15, 0.2) is 79.1 Å². The van der Waals surface area contributed by atoms with Crippen molar-refractivity contribution in [3.05, 3.63) is 94.8 Å². The number of fused-ring (bicyclic) bond motifs is 1. The largest absolute Gasteiger partial charge is 0.341 e. The number of hydrogen-bond acceptors (Lipinski definition) is 5. The molecular weight excluding hydrogens is 410 g/mol. The highest BCUT2D eigenvalue weighted by Crippen LogP contribution is 2.20. The molecule has 0 spiro atoms. The van der Waals surface area contributed by atoms with Crippen molar-refractivity contribution in [1.82, 2.24) is 14.9 Å². The molecule has 4 rings (SSSR count). The van der Waals surface area contributed by atoms with Gasteiger partial charge in [-0.25, -0.2) is 4.98 Å². The summed E-state index contributed by atoms with van der Waals surface area (Å²) < 4.78 is 1.95. The topological polar surface area (TPSA) is 119 Å². The number of carbonyl (C=O) groups excluding carboxylic acids is 2. The Labute approximate surface area is 182 Å². The summed E-state index contributed by atoms with van der Waals surface area (Å²) >= 11 is 0. The SMILES string of the molecule is C[C@H](NC(=O)c1cccc([N+](=O)[O-])c1)C(=O)Nc1ccc(-n2cnc3ccccc32)cc1. The second-order valence-electron chi connectivity index (χ2n) is 7.14. The molecule has 0 fully saturated rings. The van der Waals surface area contributed by atoms with Gasteiger partial charge in [0.2, 0.25) is 5.91 Å². The molecular formula is C23H19N5O4. The number of nitro benzene ring substituents is 1. The Morgan fingerprint density at radius 2 is 1.78 bits per heavy atom. The summed E-state index contributed by atoms with van der Waals surface area (Å²) in [6.07, 6.45) is 1.74. The van der Waals surface area contributed by atoms with Crippen molar-refractivity contribution in [2.24, 2.45) is 0 Å². The molecule has 0 saturated heterocycles. The highest BCUT2D eigenvalue weighted by atomic mass is 16.6. The number of para-hydroxylation sites is 2. The average molecular weight is 429 g/mol. The van der Waals surface area contributed by atoms with Gasteiger partial charge in [0.15, 0.2) is 0 Å². The zero-order chi connectivity index (χ0) is 22.7. The molecule has 9 heteroatoms. The van der Waals surface area contributed by atoms with Gasteiger partial charge in [0.05, 0.1) is 16.0 Å². The van der Waals surface area contributed by atoms with Gasteiger partial charge in [0, 0.05) is 29.1 Å². The number of amides is 2. The van der Waals surface area contributed by atoms with Crippen molar-refractivity contribution in [3.8, 4) is 5.69 Å². The number of nitro groups is 1. The Morgan fingerprint density at radius 1 is 1.03 bits per heavy atom. The maximum Gasteiger partial charge on any atom is 0.270 e. The number of anilines is 1. The molecule has 1 atom stereocenters. The quantitative estimate of drug-likeness (QED) is 0.358. The highest BCUT2D eigenvalue weighted by molar-refractivity contribution is 6.01. The van der Waals surface area contributed by atoms with E-state index in [9.17, 15) is 19.7 Å². The molecule has 1 aromatic heterocycles. The molecule has 4 aromatic rings. The lowest BCUT2D eigenvalue weighted by Crippen LogP contribution is -2.41. The van der Waals surface area contributed by atoms with Crippen molar-refractivity contribution in [2.45, 2.75) is 13.0 Å². The third kappa shape index (κ3) is 4.31. The van der Waals surface area contributed by atoms with Crippen molar-refractivity contribution in [1.29, 1.82) is 0 Å². The van der Waals surface area contributed by atoms with E-state index in [0.717, 1.165) is 16.7 Å². The average Bonchev–Trinajstić information content (AvgIpc) is 3.23. The minimum Gasteiger partial charge on any atom is -0.341 e. The van der Waals surface area contributed by atoms with Crippen LogP contribution in [0.4, 0.5) is 11.4 Å². The van der Waals surface area contributed by atoms with E-state index in [0.29, 0.717) is 5.69 Å². The number of aromatic nitrogens is 2. The fourth-order valence-electron chi connectivity index (χ4n) is 3.23. The van der Waals surface area contributed by atoms with E-state index in [2.05, 4.69) is 15.6 Å². The monoisotopic (exact) mass is 429 g/mol. The van der Waals surface area contributed by atoms with E-state index in [1.165, 1.54) is 31.2 Å². The lowest BCUT2D eigenvalue weighted by atomic mass is 10.1. The maximum absolute atomic E-state index is 12.5. The fraction of sp³-hybridized carbons (Fsp3) is 0.0870. The molecule has 0 aliphatic carbocycles. The predicted octanol–water partition coefficient (Wildman–Crippen LogP) is 3.69. The van der Waals surface area contributed by atoms with Gasteiger partial charge in [0.1, 0.15) is 12.4 Å². The van der Waals surface area contributed by atoms with Gasteiger partial charge in [-0.2, -0.15) is 0 Å². The number of hydrogen-bond donors (Lipinski definition) is 2. The van der Waals surface area contributed by atoms with Crippen LogP contribution in [-0.4, -0.2) is 32.3 Å². The number of benzene rings is 3. The van der Waals surface area contributed by atoms with E-state index in [1.807, 2.05) is 41.0 Å². The van der Waals surface area contributed by atoms with Gasteiger partial charge in [-0.05, 0) is 49.4 Å². The molecule has 2 amide bonds. The van der Waals surface area contributed by atoms with Gasteiger partial charge in [-0.1, -0.05) is 18.2 Å². The number of nitrogens with zero attached hydrogens (tertiary/aromatic N) is 3. The summed E-state index contributed by atoms with van der Waals surface area (Å²) in [5.41, 5.74) is 3.24. The van der Waals surface area contributed by atoms with Gasteiger partial charge < -0.3 is 10.6 Å². The minimum absolute atomic E-state index is 0.107. The third-order valence-electron chi connectivity index (χ3n) is 4.93. The number of non-ortho nitro benzene ring substituents is 1. The Bertz CT molecular complexity index is 1310. The Hall–Kier alpha value is -4.53. The van der Waals surface area contributed by atoms with E-state index in [1.54, 1.807) is 18.5 Å². The Kier molecular flexibility index (Phi) is 5.63. The van der Waals surface area contributed by atoms with Crippen LogP contribution < -0.4 is 10.6 Å². The second-order valence-corrected chi connectivity index (χ2v) is 7.14. The van der Waals surface area contributed by atoms with E-state index >= 15 is 0 Å². The van der Waals surface area contributed by atoms with Crippen LogP contribution >= 0.6 is 0 Å². The van der Waals surface area contributed by atoms with Crippen molar-refractivity contribution < 1.29 is 14.5 Å². The van der Waals surface area contributed by atoms with Crippen LogP contribution in [0.3, 0.4) is 0 Å². The third-order valence-corrected chi connectivity index (χ3v) is 4.93. The predicted molar refractivity (Wildman–Crippen MR) is 120 cm³/mol. The molecule has 2 N–H and O–H groups in total. The minimum atomic E-state index is -0.848. The molecule has 0 bridgehead atoms. The molecule has 0 unspecified atom stereocenters. The van der Waals surface area contributed by atoms with Crippen LogP contribution in [0.25, 0.3) is 16.7 Å². The molecule has 0 aliphatic rings. The van der Waals surface area contributed by atoms with Gasteiger partial charge in [-0.3, -0.25) is 24.3 Å². The molecule has 0 radical (unpaired) electrons. The molecule has 9 nitrogen and oxygen atoms in total. The summed E-state index contributed by atoms with van der Waals surface area (Å²) in [7, 11) is 0. The van der Waals surface area contributed by atoms with Crippen molar-refractivity contribution in [2.75, 3.05) is 5.32 Å². The van der Waals surface area contributed by atoms with Crippen LogP contribution in [0.1, 0.15) is 17.3 Å². The van der Waals surface area contributed by atoms with E-state index in [-0.39, 0.29) is 11.3 Å². The Balaban J connectivity index is 1.40. The molecule has 0 saturated carbocycles. The second kappa shape index (κ2) is 8.68. The standard InChI is InChI=1S/C23H19N5O4/c1-15(25-23(30)16-5-4-6-19(13-16)28(31)32)22(29)26-17-9-11-18(12-10-17)27-14-24-20-7-2-3-8-21(20)27/h2-15H,1H3,(H,25,30)(H,26,29)/t15-/m0/s1. The fourth-order valence-corrected chi connectivity index (χ4v) is 3.23. The zero-order valence-electron chi connectivity index (χ0n) is 17.1. The summed E-state index contributed by atoms with van der Waals surface area (Å²) in [6, 6.07) is 19.5. The number of carbonyl (C=O) groups is 2. The smallest absolute Gasteiger partial charge is 0.270 e. The van der Waals surface area contributed by atoms with Crippen LogP contribution in [0.5, 0.6) is 0 Å². The first kappa shape index (κ1) is 20.7. The first-order valence-electron chi connectivity index (χ1n) is 9.81. The van der Waals surface area contributed by atoms with Crippen molar-refractivity contribution >= 4 is 34.2 Å². The summed E-state index contributed by atoms with van der Waals surface area (Å²) in [5, 5.41) is 16.2. The van der Waals surface area contributed by atoms with Crippen LogP contribution in [0.2, 0.25) is 0 Å². The zero-order valence-corrected chi connectivity index (χ0v) is 17.1. The van der Waals surface area contributed by atoms with Gasteiger partial charge in [0.25, 0.3) is 11.6 Å². The lowest BCUT2D eigenvalue weighted by molar-refractivity contribution is -0.384. The van der Waals surface area contributed by atoms with Gasteiger partial charge >= 0.3 is 0 Å².